The minimum atomic E-state index is 0.592. The van der Waals surface area contributed by atoms with Crippen molar-refractivity contribution >= 4 is 5.69 Å². The molecule has 0 saturated heterocycles. The maximum absolute atomic E-state index is 5.66. The summed E-state index contributed by atoms with van der Waals surface area (Å²) in [6.07, 6.45) is 0.983. The highest BCUT2D eigenvalue weighted by Crippen LogP contribution is 2.18. The number of nitrogens with zero attached hydrogens (tertiary/aromatic N) is 3. The summed E-state index contributed by atoms with van der Waals surface area (Å²) in [7, 11) is 0. The molecule has 0 amide bonds. The van der Waals surface area contributed by atoms with Crippen LogP contribution < -0.4 is 10.6 Å². The van der Waals surface area contributed by atoms with Crippen molar-refractivity contribution in [2.75, 3.05) is 11.4 Å². The first-order chi connectivity index (χ1) is 10.2. The van der Waals surface area contributed by atoms with Crippen LogP contribution in [-0.4, -0.2) is 16.3 Å². The van der Waals surface area contributed by atoms with E-state index in [2.05, 4.69) is 65.8 Å². The first-order valence-corrected chi connectivity index (χ1v) is 7.81. The number of hydrogen-bond acceptors (Lipinski definition) is 3. The fourth-order valence-corrected chi connectivity index (χ4v) is 2.51. The predicted octanol–water partition coefficient (Wildman–Crippen LogP) is 2.95. The fourth-order valence-electron chi connectivity index (χ4n) is 2.51. The number of nitrogens with two attached hydrogens (primary N) is 1. The smallest absolute Gasteiger partial charge is 0.0625 e. The Morgan fingerprint density at radius 1 is 1.14 bits per heavy atom. The molecular weight excluding hydrogens is 260 g/mol. The van der Waals surface area contributed by atoms with Gasteiger partial charge in [-0.25, -0.2) is 0 Å². The minimum Gasteiger partial charge on any atom is -0.366 e. The molecule has 1 aromatic heterocycles. The van der Waals surface area contributed by atoms with Crippen LogP contribution in [-0.2, 0) is 26.1 Å². The third kappa shape index (κ3) is 3.64. The molecule has 0 bridgehead atoms. The molecule has 0 aliphatic heterocycles. The van der Waals surface area contributed by atoms with E-state index in [1.165, 1.54) is 22.6 Å². The van der Waals surface area contributed by atoms with Crippen molar-refractivity contribution in [2.45, 2.75) is 46.8 Å². The van der Waals surface area contributed by atoms with Crippen LogP contribution in [0.15, 0.2) is 30.3 Å². The topological polar surface area (TPSA) is 47.1 Å². The van der Waals surface area contributed by atoms with Gasteiger partial charge in [-0.2, -0.15) is 5.10 Å². The number of aromatic nitrogens is 2. The Bertz CT molecular complexity index is 557. The molecule has 2 N–H and O–H groups in total. The zero-order chi connectivity index (χ0) is 15.2. The summed E-state index contributed by atoms with van der Waals surface area (Å²) in [5.41, 5.74) is 10.5. The van der Waals surface area contributed by atoms with Gasteiger partial charge in [0.2, 0.25) is 0 Å². The van der Waals surface area contributed by atoms with Gasteiger partial charge in [0.15, 0.2) is 0 Å². The van der Waals surface area contributed by atoms with Gasteiger partial charge in [-0.3, -0.25) is 4.68 Å². The van der Waals surface area contributed by atoms with Crippen molar-refractivity contribution in [3.63, 3.8) is 0 Å². The van der Waals surface area contributed by atoms with Crippen LogP contribution in [0.5, 0.6) is 0 Å². The molecule has 1 heterocycles. The molecule has 0 spiro atoms. The molecule has 2 rings (SSSR count). The number of benzene rings is 1. The maximum atomic E-state index is 5.66. The van der Waals surface area contributed by atoms with Crippen LogP contribution in [0.25, 0.3) is 0 Å². The highest BCUT2D eigenvalue weighted by atomic mass is 15.3. The molecule has 0 aliphatic rings. The molecule has 2 aromatic rings. The summed E-state index contributed by atoms with van der Waals surface area (Å²) >= 11 is 0. The molecule has 0 fully saturated rings. The van der Waals surface area contributed by atoms with Gasteiger partial charge in [0.1, 0.15) is 0 Å². The average molecular weight is 286 g/mol. The first kappa shape index (κ1) is 15.6. The third-order valence-corrected chi connectivity index (χ3v) is 3.85. The Kier molecular flexibility index (Phi) is 5.39. The molecule has 4 nitrogen and oxygen atoms in total. The van der Waals surface area contributed by atoms with Gasteiger partial charge in [-0.1, -0.05) is 19.1 Å². The average Bonchev–Trinajstić information content (AvgIpc) is 2.95. The second-order valence-corrected chi connectivity index (χ2v) is 5.18. The van der Waals surface area contributed by atoms with Crippen LogP contribution in [0.3, 0.4) is 0 Å². The van der Waals surface area contributed by atoms with E-state index in [4.69, 9.17) is 5.73 Å². The van der Waals surface area contributed by atoms with Crippen molar-refractivity contribution in [2.24, 2.45) is 5.73 Å². The largest absolute Gasteiger partial charge is 0.366 e. The van der Waals surface area contributed by atoms with Crippen molar-refractivity contribution in [1.29, 1.82) is 0 Å². The van der Waals surface area contributed by atoms with Crippen LogP contribution >= 0.6 is 0 Å². The van der Waals surface area contributed by atoms with Gasteiger partial charge in [-0.05, 0) is 44.0 Å². The standard InChI is InChI=1S/C17H26N4/c1-4-15-11-17(21(6-3)19-15)13-20(5-2)16-9-7-14(12-18)8-10-16/h7-11H,4-6,12-13,18H2,1-3H3. The summed E-state index contributed by atoms with van der Waals surface area (Å²) < 4.78 is 2.11. The van der Waals surface area contributed by atoms with Crippen molar-refractivity contribution in [3.8, 4) is 0 Å². The van der Waals surface area contributed by atoms with E-state index in [1.54, 1.807) is 0 Å². The monoisotopic (exact) mass is 286 g/mol. The fraction of sp³-hybridized carbons (Fsp3) is 0.471. The van der Waals surface area contributed by atoms with E-state index in [0.717, 1.165) is 26.1 Å². The van der Waals surface area contributed by atoms with Crippen molar-refractivity contribution in [1.82, 2.24) is 9.78 Å². The lowest BCUT2D eigenvalue weighted by Gasteiger charge is -2.23. The Hall–Kier alpha value is -1.81. The number of rotatable bonds is 7. The summed E-state index contributed by atoms with van der Waals surface area (Å²) in [6, 6.07) is 10.7. The lowest BCUT2D eigenvalue weighted by Crippen LogP contribution is -2.23. The summed E-state index contributed by atoms with van der Waals surface area (Å²) in [5.74, 6) is 0. The lowest BCUT2D eigenvalue weighted by molar-refractivity contribution is 0.605. The van der Waals surface area contributed by atoms with Gasteiger partial charge < -0.3 is 10.6 Å². The second kappa shape index (κ2) is 7.27. The Morgan fingerprint density at radius 3 is 2.38 bits per heavy atom. The molecule has 1 aromatic carbocycles. The molecule has 0 radical (unpaired) electrons. The van der Waals surface area contributed by atoms with Crippen molar-refractivity contribution in [3.05, 3.63) is 47.3 Å². The van der Waals surface area contributed by atoms with E-state index >= 15 is 0 Å². The summed E-state index contributed by atoms with van der Waals surface area (Å²) in [5, 5.41) is 4.63. The van der Waals surface area contributed by atoms with Gasteiger partial charge in [0.05, 0.1) is 17.9 Å². The Labute approximate surface area is 127 Å². The Balaban J connectivity index is 2.19. The van der Waals surface area contributed by atoms with Gasteiger partial charge in [0.25, 0.3) is 0 Å². The molecule has 114 valence electrons. The number of aryl methyl sites for hydroxylation is 2. The highest BCUT2D eigenvalue weighted by Gasteiger charge is 2.11. The van der Waals surface area contributed by atoms with Crippen LogP contribution in [0.4, 0.5) is 5.69 Å². The highest BCUT2D eigenvalue weighted by molar-refractivity contribution is 5.47. The molecule has 4 heteroatoms. The van der Waals surface area contributed by atoms with Gasteiger partial charge >= 0.3 is 0 Å². The third-order valence-electron chi connectivity index (χ3n) is 3.85. The first-order valence-electron chi connectivity index (χ1n) is 7.81. The van der Waals surface area contributed by atoms with E-state index < -0.39 is 0 Å². The van der Waals surface area contributed by atoms with Crippen LogP contribution in [0.1, 0.15) is 37.7 Å². The second-order valence-electron chi connectivity index (χ2n) is 5.18. The number of hydrogen-bond donors (Lipinski definition) is 1. The molecule has 0 aliphatic carbocycles. The van der Waals surface area contributed by atoms with E-state index in [-0.39, 0.29) is 0 Å². The zero-order valence-corrected chi connectivity index (χ0v) is 13.3. The SMILES string of the molecule is CCc1cc(CN(CC)c2ccc(CN)cc2)n(CC)n1. The van der Waals surface area contributed by atoms with Gasteiger partial charge in [-0.15, -0.1) is 0 Å². The normalized spacial score (nSPS) is 10.9. The Morgan fingerprint density at radius 2 is 1.86 bits per heavy atom. The predicted molar refractivity (Wildman–Crippen MR) is 88.3 cm³/mol. The minimum absolute atomic E-state index is 0.592. The summed E-state index contributed by atoms with van der Waals surface area (Å²) in [6.45, 7) is 9.84. The molecule has 0 unspecified atom stereocenters. The van der Waals surface area contributed by atoms with Crippen LogP contribution in [0, 0.1) is 0 Å². The van der Waals surface area contributed by atoms with Crippen LogP contribution in [0.2, 0.25) is 0 Å². The van der Waals surface area contributed by atoms with Gasteiger partial charge in [0, 0.05) is 25.3 Å². The molecule has 21 heavy (non-hydrogen) atoms. The van der Waals surface area contributed by atoms with Crippen molar-refractivity contribution < 1.29 is 0 Å². The summed E-state index contributed by atoms with van der Waals surface area (Å²) in [4.78, 5) is 2.36. The van der Waals surface area contributed by atoms with E-state index in [1.807, 2.05) is 0 Å². The zero-order valence-electron chi connectivity index (χ0n) is 13.3. The molecule has 0 atom stereocenters. The quantitative estimate of drug-likeness (QED) is 0.851. The molecular formula is C17H26N4. The molecule has 0 saturated carbocycles. The van der Waals surface area contributed by atoms with E-state index in [0.29, 0.717) is 6.54 Å². The number of anilines is 1. The van der Waals surface area contributed by atoms with E-state index in [9.17, 15) is 0 Å². The lowest BCUT2D eigenvalue weighted by atomic mass is 10.2. The maximum Gasteiger partial charge on any atom is 0.0625 e.